The average Bonchev–Trinajstić information content (AvgIpc) is 3.24. The standard InChI is InChI=1S/C23H34N4O2/c1-3-24-22(27-19-14-20(29-4-2)23(19)11-7-8-12-23)25-15-16-13-21(28)26-18-10-6-5-9-17(16)18/h5-6,9-10,16,19-20H,3-4,7-8,11-15H2,1-2H3,(H,26,28)(H2,24,25,27). The highest BCUT2D eigenvalue weighted by molar-refractivity contribution is 5.94. The third kappa shape index (κ3) is 4.00. The Morgan fingerprint density at radius 3 is 2.83 bits per heavy atom. The summed E-state index contributed by atoms with van der Waals surface area (Å²) in [6.07, 6.45) is 6.99. The van der Waals surface area contributed by atoms with Crippen molar-refractivity contribution < 1.29 is 9.53 Å². The zero-order valence-corrected chi connectivity index (χ0v) is 17.7. The van der Waals surface area contributed by atoms with Gasteiger partial charge in [-0.25, -0.2) is 0 Å². The van der Waals surface area contributed by atoms with E-state index in [0.717, 1.165) is 31.2 Å². The van der Waals surface area contributed by atoms with Crippen molar-refractivity contribution in [1.82, 2.24) is 10.6 Å². The number of ether oxygens (including phenoxy) is 1. The predicted octanol–water partition coefficient (Wildman–Crippen LogP) is 3.41. The first kappa shape index (κ1) is 20.2. The van der Waals surface area contributed by atoms with Gasteiger partial charge in [-0.15, -0.1) is 0 Å². The molecule has 1 aromatic carbocycles. The van der Waals surface area contributed by atoms with Crippen molar-refractivity contribution in [2.24, 2.45) is 10.4 Å². The molecule has 6 nitrogen and oxygen atoms in total. The fourth-order valence-electron chi connectivity index (χ4n) is 5.44. The first-order valence-electron chi connectivity index (χ1n) is 11.2. The molecule has 0 radical (unpaired) electrons. The lowest BCUT2D eigenvalue weighted by atomic mass is 9.60. The molecule has 3 N–H and O–H groups in total. The van der Waals surface area contributed by atoms with Crippen LogP contribution in [-0.4, -0.2) is 43.7 Å². The van der Waals surface area contributed by atoms with Gasteiger partial charge < -0.3 is 20.7 Å². The van der Waals surface area contributed by atoms with Crippen LogP contribution in [0, 0.1) is 5.41 Å². The fourth-order valence-corrected chi connectivity index (χ4v) is 5.44. The molecule has 0 aromatic heterocycles. The number of carbonyl (C=O) groups is 1. The molecular formula is C23H34N4O2. The number of rotatable bonds is 6. The number of carbonyl (C=O) groups excluding carboxylic acids is 1. The second kappa shape index (κ2) is 8.74. The number of fused-ring (bicyclic) bond motifs is 1. The van der Waals surface area contributed by atoms with Gasteiger partial charge >= 0.3 is 0 Å². The Balaban J connectivity index is 1.46. The molecule has 29 heavy (non-hydrogen) atoms. The van der Waals surface area contributed by atoms with Crippen molar-refractivity contribution in [2.75, 3.05) is 25.0 Å². The number of amides is 1. The molecule has 1 spiro atoms. The minimum atomic E-state index is 0.0744. The van der Waals surface area contributed by atoms with Crippen LogP contribution in [0.1, 0.15) is 63.9 Å². The molecule has 1 aromatic rings. The summed E-state index contributed by atoms with van der Waals surface area (Å²) in [7, 11) is 0. The van der Waals surface area contributed by atoms with Crippen LogP contribution >= 0.6 is 0 Å². The van der Waals surface area contributed by atoms with E-state index in [1.54, 1.807) is 0 Å². The highest BCUT2D eigenvalue weighted by Gasteiger charge is 2.56. The molecule has 2 fully saturated rings. The number of benzene rings is 1. The number of nitrogens with one attached hydrogen (secondary N) is 3. The van der Waals surface area contributed by atoms with Gasteiger partial charge in [0.05, 0.1) is 12.6 Å². The van der Waals surface area contributed by atoms with E-state index in [1.165, 1.54) is 31.2 Å². The smallest absolute Gasteiger partial charge is 0.225 e. The lowest BCUT2D eigenvalue weighted by Gasteiger charge is -2.54. The van der Waals surface area contributed by atoms with Crippen LogP contribution in [-0.2, 0) is 9.53 Å². The summed E-state index contributed by atoms with van der Waals surface area (Å²) in [5.41, 5.74) is 2.37. The quantitative estimate of drug-likeness (QED) is 0.507. The van der Waals surface area contributed by atoms with Gasteiger partial charge in [0.25, 0.3) is 0 Å². The number of para-hydroxylation sites is 1. The molecule has 1 heterocycles. The first-order valence-corrected chi connectivity index (χ1v) is 11.2. The van der Waals surface area contributed by atoms with Crippen LogP contribution in [0.4, 0.5) is 5.69 Å². The van der Waals surface area contributed by atoms with Crippen molar-refractivity contribution in [1.29, 1.82) is 0 Å². The van der Waals surface area contributed by atoms with E-state index in [2.05, 4.69) is 35.9 Å². The van der Waals surface area contributed by atoms with Gasteiger partial charge in [-0.3, -0.25) is 9.79 Å². The average molecular weight is 399 g/mol. The minimum Gasteiger partial charge on any atom is -0.378 e. The summed E-state index contributed by atoms with van der Waals surface area (Å²) < 4.78 is 6.05. The highest BCUT2D eigenvalue weighted by atomic mass is 16.5. The number of aliphatic imine (C=N–C) groups is 1. The number of anilines is 1. The molecule has 3 aliphatic rings. The van der Waals surface area contributed by atoms with E-state index in [-0.39, 0.29) is 17.2 Å². The number of hydrogen-bond donors (Lipinski definition) is 3. The molecule has 158 valence electrons. The van der Waals surface area contributed by atoms with E-state index in [0.29, 0.717) is 25.1 Å². The normalized spacial score (nSPS) is 27.9. The number of guanidine groups is 1. The Kier molecular flexibility index (Phi) is 6.09. The molecule has 1 aliphatic heterocycles. The van der Waals surface area contributed by atoms with E-state index in [9.17, 15) is 4.79 Å². The number of nitrogens with zero attached hydrogens (tertiary/aromatic N) is 1. The molecule has 2 saturated carbocycles. The third-order valence-corrected chi connectivity index (χ3v) is 6.92. The van der Waals surface area contributed by atoms with Crippen LogP contribution in [0.15, 0.2) is 29.3 Å². The lowest BCUT2D eigenvalue weighted by molar-refractivity contribution is -0.125. The van der Waals surface area contributed by atoms with E-state index >= 15 is 0 Å². The summed E-state index contributed by atoms with van der Waals surface area (Å²) in [5, 5.41) is 10.1. The Labute approximate surface area is 173 Å². The fraction of sp³-hybridized carbons (Fsp3) is 0.652. The molecule has 3 atom stereocenters. The topological polar surface area (TPSA) is 74.8 Å². The molecule has 0 saturated heterocycles. The minimum absolute atomic E-state index is 0.0744. The lowest BCUT2D eigenvalue weighted by Crippen LogP contribution is -2.65. The second-order valence-electron chi connectivity index (χ2n) is 8.57. The van der Waals surface area contributed by atoms with Crippen LogP contribution in [0.3, 0.4) is 0 Å². The maximum atomic E-state index is 12.1. The van der Waals surface area contributed by atoms with Gasteiger partial charge in [0.15, 0.2) is 5.96 Å². The van der Waals surface area contributed by atoms with Gasteiger partial charge in [-0.1, -0.05) is 31.0 Å². The molecule has 4 rings (SSSR count). The van der Waals surface area contributed by atoms with Crippen molar-refractivity contribution >= 4 is 17.6 Å². The Morgan fingerprint density at radius 1 is 1.28 bits per heavy atom. The molecule has 6 heteroatoms. The second-order valence-corrected chi connectivity index (χ2v) is 8.57. The van der Waals surface area contributed by atoms with E-state index < -0.39 is 0 Å². The molecule has 0 bridgehead atoms. The third-order valence-electron chi connectivity index (χ3n) is 6.92. The molecular weight excluding hydrogens is 364 g/mol. The first-order chi connectivity index (χ1) is 14.2. The van der Waals surface area contributed by atoms with Crippen molar-refractivity contribution in [3.8, 4) is 0 Å². The molecule has 2 aliphatic carbocycles. The molecule has 3 unspecified atom stereocenters. The zero-order chi connectivity index (χ0) is 20.3. The Hall–Kier alpha value is -2.08. The monoisotopic (exact) mass is 398 g/mol. The predicted molar refractivity (Wildman–Crippen MR) is 116 cm³/mol. The largest absolute Gasteiger partial charge is 0.378 e. The van der Waals surface area contributed by atoms with Crippen LogP contribution in [0.25, 0.3) is 0 Å². The van der Waals surface area contributed by atoms with Gasteiger partial charge in [0, 0.05) is 42.6 Å². The summed E-state index contributed by atoms with van der Waals surface area (Å²) in [6, 6.07) is 8.48. The van der Waals surface area contributed by atoms with E-state index in [1.807, 2.05) is 18.2 Å². The zero-order valence-electron chi connectivity index (χ0n) is 17.7. The van der Waals surface area contributed by atoms with Crippen molar-refractivity contribution in [2.45, 2.75) is 70.4 Å². The summed E-state index contributed by atoms with van der Waals surface area (Å²) in [6.45, 7) is 6.40. The maximum Gasteiger partial charge on any atom is 0.225 e. The Morgan fingerprint density at radius 2 is 2.07 bits per heavy atom. The van der Waals surface area contributed by atoms with Crippen molar-refractivity contribution in [3.63, 3.8) is 0 Å². The summed E-state index contributed by atoms with van der Waals surface area (Å²) in [4.78, 5) is 17.0. The van der Waals surface area contributed by atoms with Gasteiger partial charge in [-0.05, 0) is 44.7 Å². The van der Waals surface area contributed by atoms with Gasteiger partial charge in [0.2, 0.25) is 5.91 Å². The van der Waals surface area contributed by atoms with Crippen LogP contribution < -0.4 is 16.0 Å². The number of hydrogen-bond acceptors (Lipinski definition) is 3. The SMILES string of the molecule is CCNC(=NCC1CC(=O)Nc2ccccc21)NC1CC(OCC)C12CCCC2. The van der Waals surface area contributed by atoms with Crippen molar-refractivity contribution in [3.05, 3.63) is 29.8 Å². The highest BCUT2D eigenvalue weighted by Crippen LogP contribution is 2.54. The van der Waals surface area contributed by atoms with Crippen LogP contribution in [0.5, 0.6) is 0 Å². The summed E-state index contributed by atoms with van der Waals surface area (Å²) >= 11 is 0. The summed E-state index contributed by atoms with van der Waals surface area (Å²) in [5.74, 6) is 1.06. The van der Waals surface area contributed by atoms with Gasteiger partial charge in [0.1, 0.15) is 0 Å². The van der Waals surface area contributed by atoms with Crippen LogP contribution in [0.2, 0.25) is 0 Å². The molecule has 1 amide bonds. The maximum absolute atomic E-state index is 12.1. The van der Waals surface area contributed by atoms with E-state index in [4.69, 9.17) is 9.73 Å². The van der Waals surface area contributed by atoms with Gasteiger partial charge in [-0.2, -0.15) is 0 Å². The Bertz CT molecular complexity index is 757.